The van der Waals surface area contributed by atoms with Crippen LogP contribution < -0.4 is 14.9 Å². The van der Waals surface area contributed by atoms with Gasteiger partial charge in [0.2, 0.25) is 0 Å². The largest absolute Gasteiger partial charge is 0.465 e. The number of fused-ring (bicyclic) bond motifs is 1. The van der Waals surface area contributed by atoms with Gasteiger partial charge in [0, 0.05) is 22.0 Å². The van der Waals surface area contributed by atoms with Crippen LogP contribution in [0, 0.1) is 20.8 Å². The highest BCUT2D eigenvalue weighted by molar-refractivity contribution is 7.98. The highest BCUT2D eigenvalue weighted by atomic mass is 32.2. The molecule has 1 aliphatic heterocycles. The molecule has 0 saturated carbocycles. The van der Waals surface area contributed by atoms with Crippen molar-refractivity contribution in [3.8, 4) is 5.69 Å². The summed E-state index contributed by atoms with van der Waals surface area (Å²) in [6, 6.07) is 14.8. The summed E-state index contributed by atoms with van der Waals surface area (Å²) in [6.07, 6.45) is 3.87. The van der Waals surface area contributed by atoms with E-state index in [4.69, 9.17) is 9.47 Å². The fraction of sp³-hybridized carbons (Fsp3) is 0.273. The third-order valence-electron chi connectivity index (χ3n) is 7.66. The first-order chi connectivity index (χ1) is 20.6. The fourth-order valence-electron chi connectivity index (χ4n) is 5.54. The summed E-state index contributed by atoms with van der Waals surface area (Å²) in [4.78, 5) is 45.9. The zero-order valence-corrected chi connectivity index (χ0v) is 26.8. The maximum atomic E-state index is 14.1. The number of aryl methyl sites for hydroxylation is 1. The van der Waals surface area contributed by atoms with Crippen molar-refractivity contribution in [2.75, 3.05) is 20.0 Å². The normalized spacial score (nSPS) is 14.9. The predicted molar refractivity (Wildman–Crippen MR) is 170 cm³/mol. The van der Waals surface area contributed by atoms with Crippen molar-refractivity contribution in [1.82, 2.24) is 9.13 Å². The number of carbonyl (C=O) groups is 2. The summed E-state index contributed by atoms with van der Waals surface area (Å²) in [5, 5.41) is 0. The van der Waals surface area contributed by atoms with Crippen LogP contribution in [0.4, 0.5) is 0 Å². The fourth-order valence-corrected chi connectivity index (χ4v) is 6.98. The second kappa shape index (κ2) is 12.2. The molecule has 0 spiro atoms. The maximum absolute atomic E-state index is 14.1. The molecular formula is C33H33N3O5S2. The lowest BCUT2D eigenvalue weighted by molar-refractivity contribution is -0.139. The molecule has 43 heavy (non-hydrogen) atoms. The Labute approximate surface area is 258 Å². The Bertz CT molecular complexity index is 1960. The molecular weight excluding hydrogens is 583 g/mol. The molecule has 1 atom stereocenters. The van der Waals surface area contributed by atoms with Crippen molar-refractivity contribution in [3.05, 3.63) is 113 Å². The van der Waals surface area contributed by atoms with Gasteiger partial charge in [-0.15, -0.1) is 11.8 Å². The highest BCUT2D eigenvalue weighted by Crippen LogP contribution is 2.32. The second-order valence-corrected chi connectivity index (χ2v) is 12.1. The van der Waals surface area contributed by atoms with Crippen LogP contribution in [0.25, 0.3) is 11.8 Å². The molecule has 2 aromatic carbocycles. The van der Waals surface area contributed by atoms with Gasteiger partial charge in [0.1, 0.15) is 0 Å². The summed E-state index contributed by atoms with van der Waals surface area (Å²) in [6.45, 7) is 9.63. The molecule has 10 heteroatoms. The number of allylic oxidation sites excluding steroid dienone is 1. The minimum absolute atomic E-state index is 0.218. The number of aromatic nitrogens is 2. The van der Waals surface area contributed by atoms with Crippen molar-refractivity contribution in [3.63, 3.8) is 0 Å². The smallest absolute Gasteiger partial charge is 0.338 e. The average molecular weight is 616 g/mol. The number of benzene rings is 2. The van der Waals surface area contributed by atoms with Gasteiger partial charge >= 0.3 is 11.9 Å². The third-order valence-corrected chi connectivity index (χ3v) is 9.38. The Morgan fingerprint density at radius 2 is 1.79 bits per heavy atom. The molecule has 0 N–H and O–H groups in total. The average Bonchev–Trinajstić information content (AvgIpc) is 3.45. The number of hydrogen-bond acceptors (Lipinski definition) is 8. The van der Waals surface area contributed by atoms with Crippen molar-refractivity contribution in [1.29, 1.82) is 0 Å². The first-order valence-electron chi connectivity index (χ1n) is 13.8. The monoisotopic (exact) mass is 615 g/mol. The molecule has 3 heterocycles. The van der Waals surface area contributed by atoms with Gasteiger partial charge in [-0.1, -0.05) is 29.5 Å². The number of thiazole rings is 1. The summed E-state index contributed by atoms with van der Waals surface area (Å²) in [5.74, 6) is -0.872. The first kappa shape index (κ1) is 30.3. The zero-order chi connectivity index (χ0) is 31.0. The Kier molecular flexibility index (Phi) is 8.62. The molecule has 1 aliphatic rings. The van der Waals surface area contributed by atoms with Crippen LogP contribution in [0.5, 0.6) is 0 Å². The van der Waals surface area contributed by atoms with Crippen molar-refractivity contribution >= 4 is 41.1 Å². The molecule has 0 saturated heterocycles. The van der Waals surface area contributed by atoms with Gasteiger partial charge in [-0.05, 0) is 94.0 Å². The van der Waals surface area contributed by atoms with Crippen molar-refractivity contribution in [2.24, 2.45) is 4.99 Å². The maximum Gasteiger partial charge on any atom is 0.338 e. The molecule has 222 valence electrons. The van der Waals surface area contributed by atoms with E-state index < -0.39 is 18.0 Å². The van der Waals surface area contributed by atoms with E-state index in [1.807, 2.05) is 75.6 Å². The van der Waals surface area contributed by atoms with Crippen LogP contribution in [0.15, 0.2) is 74.5 Å². The lowest BCUT2D eigenvalue weighted by atomic mass is 9.96. The molecule has 8 nitrogen and oxygen atoms in total. The second-order valence-electron chi connectivity index (χ2n) is 10.2. The molecule has 0 bridgehead atoms. The SMILES string of the molecule is CCOC(=O)C1=C(C)N=c2s/c(=C/c3cc(C)n(-c4cccc(C(=O)OC)c4C)c3C)c(=O)n2[C@H]1c1ccc(SC)cc1. The Balaban J connectivity index is 1.67. The van der Waals surface area contributed by atoms with E-state index in [1.165, 1.54) is 18.4 Å². The third kappa shape index (κ3) is 5.41. The van der Waals surface area contributed by atoms with Crippen LogP contribution in [0.1, 0.15) is 58.3 Å². The van der Waals surface area contributed by atoms with Gasteiger partial charge in [0.05, 0.1) is 41.1 Å². The Hall–Kier alpha value is -4.15. The lowest BCUT2D eigenvalue weighted by Gasteiger charge is -2.24. The van der Waals surface area contributed by atoms with Crippen LogP contribution in [0.3, 0.4) is 0 Å². The predicted octanol–water partition coefficient (Wildman–Crippen LogP) is 5.02. The van der Waals surface area contributed by atoms with E-state index in [2.05, 4.69) is 9.56 Å². The number of nitrogens with zero attached hydrogens (tertiary/aromatic N) is 3. The van der Waals surface area contributed by atoms with Gasteiger partial charge in [0.25, 0.3) is 5.56 Å². The molecule has 0 radical (unpaired) electrons. The van der Waals surface area contributed by atoms with E-state index in [0.717, 1.165) is 38.7 Å². The quantitative estimate of drug-likeness (QED) is 0.214. The summed E-state index contributed by atoms with van der Waals surface area (Å²) in [7, 11) is 1.37. The molecule has 5 rings (SSSR count). The number of carbonyl (C=O) groups excluding carboxylic acids is 2. The Morgan fingerprint density at radius 1 is 1.07 bits per heavy atom. The van der Waals surface area contributed by atoms with Crippen LogP contribution >= 0.6 is 23.1 Å². The van der Waals surface area contributed by atoms with Crippen LogP contribution in [0.2, 0.25) is 0 Å². The summed E-state index contributed by atoms with van der Waals surface area (Å²) < 4.78 is 14.6. The van der Waals surface area contributed by atoms with Gasteiger partial charge in [-0.2, -0.15) is 0 Å². The minimum Gasteiger partial charge on any atom is -0.465 e. The Morgan fingerprint density at radius 3 is 2.44 bits per heavy atom. The van der Waals surface area contributed by atoms with Gasteiger partial charge in [-0.3, -0.25) is 9.36 Å². The van der Waals surface area contributed by atoms with Crippen molar-refractivity contribution < 1.29 is 19.1 Å². The topological polar surface area (TPSA) is 91.9 Å². The number of thioether (sulfide) groups is 1. The van der Waals surface area contributed by atoms with Crippen molar-refractivity contribution in [2.45, 2.75) is 45.6 Å². The molecule has 2 aromatic heterocycles. The van der Waals surface area contributed by atoms with Gasteiger partial charge in [-0.25, -0.2) is 14.6 Å². The molecule has 4 aromatic rings. The highest BCUT2D eigenvalue weighted by Gasteiger charge is 2.33. The summed E-state index contributed by atoms with van der Waals surface area (Å²) >= 11 is 2.92. The molecule has 0 fully saturated rings. The first-order valence-corrected chi connectivity index (χ1v) is 15.9. The number of ether oxygens (including phenoxy) is 2. The van der Waals surface area contributed by atoms with E-state index in [9.17, 15) is 14.4 Å². The number of hydrogen-bond donors (Lipinski definition) is 0. The van der Waals surface area contributed by atoms with Crippen LogP contribution in [-0.2, 0) is 14.3 Å². The summed E-state index contributed by atoms with van der Waals surface area (Å²) in [5.41, 5.74) is 6.37. The molecule has 0 aliphatic carbocycles. The van der Waals surface area contributed by atoms with E-state index in [0.29, 0.717) is 26.2 Å². The van der Waals surface area contributed by atoms with Gasteiger partial charge < -0.3 is 14.0 Å². The number of rotatable bonds is 7. The van der Waals surface area contributed by atoms with E-state index in [-0.39, 0.29) is 12.2 Å². The zero-order valence-electron chi connectivity index (χ0n) is 25.2. The number of esters is 2. The van der Waals surface area contributed by atoms with Crippen LogP contribution in [-0.4, -0.2) is 41.0 Å². The van der Waals surface area contributed by atoms with Gasteiger partial charge in [0.15, 0.2) is 4.80 Å². The molecule has 0 unspecified atom stereocenters. The molecule has 0 amide bonds. The minimum atomic E-state index is -0.663. The lowest BCUT2D eigenvalue weighted by Crippen LogP contribution is -2.39. The standard InChI is InChI=1S/C33H33N3O5S2/c1-8-41-32(39)28-20(4)34-33-36(29(28)22-12-14-24(42-7)15-13-22)30(37)27(43-33)17-23-16-18(2)35(21(23)5)26-11-9-10-25(19(26)3)31(38)40-6/h9-17,29H,8H2,1-7H3/b27-17+/t29-/m0/s1. The number of methoxy groups -OCH3 is 1. The van der Waals surface area contributed by atoms with E-state index in [1.54, 1.807) is 36.2 Å². The van der Waals surface area contributed by atoms with E-state index >= 15 is 0 Å².